The van der Waals surface area contributed by atoms with Crippen molar-refractivity contribution in [2.45, 2.75) is 148 Å². The van der Waals surface area contributed by atoms with Crippen LogP contribution in [0.3, 0.4) is 0 Å². The first-order valence-electron chi connectivity index (χ1n) is 17.5. The molecule has 0 aromatic carbocycles. The lowest BCUT2D eigenvalue weighted by Gasteiger charge is -2.20. The molecule has 0 saturated carbocycles. The summed E-state index contributed by atoms with van der Waals surface area (Å²) in [4.78, 5) is 34.7. The van der Waals surface area contributed by atoms with E-state index in [1.165, 1.54) is 38.5 Å². The molecule has 2 unspecified atom stereocenters. The molecule has 0 fully saturated rings. The van der Waals surface area contributed by atoms with Gasteiger partial charge in [0.15, 0.2) is 6.10 Å². The van der Waals surface area contributed by atoms with Crippen molar-refractivity contribution in [3.8, 4) is 0 Å². The number of phosphoric ester groups is 1. The van der Waals surface area contributed by atoms with Crippen LogP contribution in [-0.2, 0) is 32.7 Å². The van der Waals surface area contributed by atoms with Crippen LogP contribution in [0.5, 0.6) is 0 Å². The van der Waals surface area contributed by atoms with Crippen molar-refractivity contribution in [3.05, 3.63) is 36.5 Å². The van der Waals surface area contributed by atoms with Gasteiger partial charge in [-0.05, 0) is 32.1 Å². The van der Waals surface area contributed by atoms with Crippen LogP contribution in [0.25, 0.3) is 0 Å². The van der Waals surface area contributed by atoms with Gasteiger partial charge in [0.2, 0.25) is 0 Å². The number of aliphatic hydroxyl groups excluding tert-OH is 2. The lowest BCUT2D eigenvalue weighted by Crippen LogP contribution is -2.29. The van der Waals surface area contributed by atoms with Crippen LogP contribution < -0.4 is 0 Å². The van der Waals surface area contributed by atoms with E-state index in [-0.39, 0.29) is 19.4 Å². The maximum Gasteiger partial charge on any atom is 0.472 e. The van der Waals surface area contributed by atoms with E-state index in [1.54, 1.807) is 0 Å². The molecule has 0 spiro atoms. The molecule has 0 amide bonds. The smallest absolute Gasteiger partial charge is 0.462 e. The van der Waals surface area contributed by atoms with Crippen LogP contribution in [0.4, 0.5) is 0 Å². The molecule has 268 valence electrons. The van der Waals surface area contributed by atoms with Gasteiger partial charge in [0.05, 0.1) is 19.8 Å². The molecule has 11 heteroatoms. The first-order chi connectivity index (χ1) is 22.2. The largest absolute Gasteiger partial charge is 0.472 e. The van der Waals surface area contributed by atoms with Crippen molar-refractivity contribution in [1.82, 2.24) is 0 Å². The summed E-state index contributed by atoms with van der Waals surface area (Å²) in [5.41, 5.74) is 0. The zero-order valence-corrected chi connectivity index (χ0v) is 29.4. The third-order valence-corrected chi connectivity index (χ3v) is 8.07. The number of aliphatic hydroxyl groups is 2. The Kier molecular flexibility index (Phi) is 30.5. The van der Waals surface area contributed by atoms with E-state index >= 15 is 0 Å². The second-order valence-electron chi connectivity index (χ2n) is 11.6. The molecule has 0 heterocycles. The van der Waals surface area contributed by atoms with Gasteiger partial charge in [0.25, 0.3) is 0 Å². The highest BCUT2D eigenvalue weighted by Crippen LogP contribution is 2.43. The summed E-state index contributed by atoms with van der Waals surface area (Å²) in [5.74, 6) is -0.954. The molecule has 46 heavy (non-hydrogen) atoms. The van der Waals surface area contributed by atoms with Crippen LogP contribution in [-0.4, -0.2) is 65.7 Å². The summed E-state index contributed by atoms with van der Waals surface area (Å²) in [6, 6.07) is 0. The fourth-order valence-electron chi connectivity index (χ4n) is 4.40. The average Bonchev–Trinajstić information content (AvgIpc) is 3.04. The number of carbonyl (C=O) groups is 2. The fraction of sp³-hybridized carbons (Fsp3) is 0.771. The number of allylic oxidation sites excluding steroid dienone is 6. The van der Waals surface area contributed by atoms with Crippen molar-refractivity contribution >= 4 is 19.8 Å². The Morgan fingerprint density at radius 2 is 1.20 bits per heavy atom. The highest BCUT2D eigenvalue weighted by molar-refractivity contribution is 7.47. The highest BCUT2D eigenvalue weighted by atomic mass is 31.2. The Morgan fingerprint density at radius 3 is 1.78 bits per heavy atom. The van der Waals surface area contributed by atoms with E-state index in [1.807, 2.05) is 24.3 Å². The standard InChI is InChI=1S/C35H63O10P/c1-3-5-7-9-11-13-15-16-17-19-21-23-25-27-35(39)45-33(31-44-46(40,41)43-29-32(37)28-36)30-42-34(38)26-24-22-20-18-14-12-10-8-6-4-2/h5,7,9,11,13,15,32-33,36-37H,3-4,6,8,10,12,14,16-31H2,1-2H3,(H,40,41)/b7-5+,11-9+,15-13+/t32-,33?/m0/s1. The maximum absolute atomic E-state index is 12.5. The van der Waals surface area contributed by atoms with Crippen molar-refractivity contribution in [1.29, 1.82) is 0 Å². The maximum atomic E-state index is 12.5. The average molecular weight is 675 g/mol. The molecule has 0 rings (SSSR count). The van der Waals surface area contributed by atoms with Gasteiger partial charge in [-0.25, -0.2) is 4.57 Å². The molecule has 0 radical (unpaired) electrons. The molecular formula is C35H63O10P. The Labute approximate surface area is 278 Å². The summed E-state index contributed by atoms with van der Waals surface area (Å²) in [6.45, 7) is 2.17. The van der Waals surface area contributed by atoms with Crippen molar-refractivity contribution in [2.75, 3.05) is 26.4 Å². The summed E-state index contributed by atoms with van der Waals surface area (Å²) in [7, 11) is -4.61. The van der Waals surface area contributed by atoms with Gasteiger partial charge in [0.1, 0.15) is 12.7 Å². The topological polar surface area (TPSA) is 149 Å². The van der Waals surface area contributed by atoms with Gasteiger partial charge >= 0.3 is 19.8 Å². The number of ether oxygens (including phenoxy) is 2. The van der Waals surface area contributed by atoms with Gasteiger partial charge < -0.3 is 24.6 Å². The number of hydrogen-bond acceptors (Lipinski definition) is 9. The number of phosphoric acid groups is 1. The molecular weight excluding hydrogens is 611 g/mol. The molecule has 0 bridgehead atoms. The van der Waals surface area contributed by atoms with E-state index in [0.29, 0.717) is 12.8 Å². The van der Waals surface area contributed by atoms with Crippen molar-refractivity contribution < 1.29 is 47.8 Å². The second kappa shape index (κ2) is 31.8. The molecule has 0 aromatic heterocycles. The number of unbranched alkanes of at least 4 members (excludes halogenated alkanes) is 14. The zero-order chi connectivity index (χ0) is 34.1. The molecule has 10 nitrogen and oxygen atoms in total. The molecule has 0 aromatic rings. The minimum atomic E-state index is -4.61. The van der Waals surface area contributed by atoms with Crippen molar-refractivity contribution in [2.24, 2.45) is 0 Å². The Balaban J connectivity index is 4.46. The third-order valence-electron chi connectivity index (χ3n) is 7.12. The van der Waals surface area contributed by atoms with Gasteiger partial charge in [0, 0.05) is 12.8 Å². The van der Waals surface area contributed by atoms with Crippen LogP contribution >= 0.6 is 7.82 Å². The second-order valence-corrected chi connectivity index (χ2v) is 13.0. The minimum absolute atomic E-state index is 0.162. The van der Waals surface area contributed by atoms with Crippen LogP contribution in [0.1, 0.15) is 136 Å². The van der Waals surface area contributed by atoms with Gasteiger partial charge in [-0.2, -0.15) is 0 Å². The van der Waals surface area contributed by atoms with E-state index in [2.05, 4.69) is 30.5 Å². The SMILES string of the molecule is CC/C=C/C=C/C=C/CCCCCCCC(=O)OC(COC(=O)CCCCCCCCCCCC)COP(=O)(O)OC[C@@H](O)CO. The van der Waals surface area contributed by atoms with E-state index in [9.17, 15) is 24.2 Å². The van der Waals surface area contributed by atoms with Crippen LogP contribution in [0, 0.1) is 0 Å². The Morgan fingerprint density at radius 1 is 0.674 bits per heavy atom. The predicted octanol–water partition coefficient (Wildman–Crippen LogP) is 8.05. The lowest BCUT2D eigenvalue weighted by atomic mass is 10.1. The first kappa shape index (κ1) is 44.2. The summed E-state index contributed by atoms with van der Waals surface area (Å²) < 4.78 is 32.4. The number of hydrogen-bond donors (Lipinski definition) is 3. The summed E-state index contributed by atoms with van der Waals surface area (Å²) in [6.07, 6.45) is 28.4. The Hall–Kier alpha value is -1.81. The van der Waals surface area contributed by atoms with Crippen LogP contribution in [0.15, 0.2) is 36.5 Å². The minimum Gasteiger partial charge on any atom is -0.462 e. The number of rotatable bonds is 32. The third kappa shape index (κ3) is 30.8. The van der Waals surface area contributed by atoms with Gasteiger partial charge in [-0.1, -0.05) is 127 Å². The molecule has 0 saturated heterocycles. The normalized spacial score (nSPS) is 14.6. The van der Waals surface area contributed by atoms with Gasteiger partial charge in [-0.3, -0.25) is 18.6 Å². The van der Waals surface area contributed by atoms with Gasteiger partial charge in [-0.15, -0.1) is 0 Å². The van der Waals surface area contributed by atoms with E-state index in [4.69, 9.17) is 19.1 Å². The molecule has 3 N–H and O–H groups in total. The fourth-order valence-corrected chi connectivity index (χ4v) is 5.19. The number of esters is 2. The monoisotopic (exact) mass is 674 g/mol. The van der Waals surface area contributed by atoms with E-state index < -0.39 is 51.8 Å². The van der Waals surface area contributed by atoms with Crippen molar-refractivity contribution in [3.63, 3.8) is 0 Å². The molecule has 3 atom stereocenters. The van der Waals surface area contributed by atoms with Crippen LogP contribution in [0.2, 0.25) is 0 Å². The predicted molar refractivity (Wildman–Crippen MR) is 182 cm³/mol. The molecule has 0 aliphatic rings. The summed E-state index contributed by atoms with van der Waals surface area (Å²) in [5, 5.41) is 18.2. The molecule has 0 aliphatic heterocycles. The lowest BCUT2D eigenvalue weighted by molar-refractivity contribution is -0.161. The summed E-state index contributed by atoms with van der Waals surface area (Å²) >= 11 is 0. The Bertz CT molecular complexity index is 873. The zero-order valence-electron chi connectivity index (χ0n) is 28.5. The van der Waals surface area contributed by atoms with E-state index in [0.717, 1.165) is 57.8 Å². The first-order valence-corrected chi connectivity index (χ1v) is 19.0. The number of carbonyl (C=O) groups excluding carboxylic acids is 2. The highest BCUT2D eigenvalue weighted by Gasteiger charge is 2.27. The molecule has 0 aliphatic carbocycles. The quantitative estimate of drug-likeness (QED) is 0.0277.